The molecule has 0 spiro atoms. The van der Waals surface area contributed by atoms with Crippen LogP contribution in [0.3, 0.4) is 0 Å². The minimum Gasteiger partial charge on any atom is -0.465 e. The van der Waals surface area contributed by atoms with Crippen LogP contribution in [0.4, 0.5) is 10.2 Å². The maximum Gasteiger partial charge on any atom is 0.358 e. The van der Waals surface area contributed by atoms with Crippen LogP contribution >= 0.6 is 15.9 Å². The van der Waals surface area contributed by atoms with Gasteiger partial charge in [0.2, 0.25) is 0 Å². The third-order valence-electron chi connectivity index (χ3n) is 4.51. The van der Waals surface area contributed by atoms with E-state index in [1.165, 1.54) is 19.2 Å². The van der Waals surface area contributed by atoms with Gasteiger partial charge in [-0.1, -0.05) is 0 Å². The van der Waals surface area contributed by atoms with Gasteiger partial charge in [-0.25, -0.2) is 19.0 Å². The Bertz CT molecular complexity index is 972. The van der Waals surface area contributed by atoms with Crippen LogP contribution in [-0.4, -0.2) is 36.2 Å². The van der Waals surface area contributed by atoms with E-state index in [9.17, 15) is 14.0 Å². The fourth-order valence-electron chi connectivity index (χ4n) is 3.21. The molecular weight excluding hydrogens is 443 g/mol. The number of halogens is 2. The molecule has 1 aliphatic heterocycles. The van der Waals surface area contributed by atoms with Crippen LogP contribution in [0.25, 0.3) is 0 Å². The fraction of sp³-hybridized carbons (Fsp3) is 0.381. The van der Waals surface area contributed by atoms with Crippen LogP contribution in [0.15, 0.2) is 28.7 Å². The highest BCUT2D eigenvalue weighted by Gasteiger charge is 2.27. The second-order valence-corrected chi connectivity index (χ2v) is 8.57. The van der Waals surface area contributed by atoms with E-state index in [4.69, 9.17) is 9.47 Å². The lowest BCUT2D eigenvalue weighted by molar-refractivity contribution is 0.00616. The van der Waals surface area contributed by atoms with E-state index >= 15 is 0 Å². The molecule has 0 amide bonds. The Morgan fingerprint density at radius 2 is 1.86 bits per heavy atom. The van der Waals surface area contributed by atoms with E-state index < -0.39 is 17.5 Å². The summed E-state index contributed by atoms with van der Waals surface area (Å²) in [5.41, 5.74) is 0.930. The lowest BCUT2D eigenvalue weighted by Crippen LogP contribution is -2.33. The van der Waals surface area contributed by atoms with E-state index in [0.29, 0.717) is 39.9 Å². The molecule has 3 rings (SSSR count). The van der Waals surface area contributed by atoms with Gasteiger partial charge in [-0.05, 0) is 78.5 Å². The lowest BCUT2D eigenvalue weighted by atomic mass is 9.94. The van der Waals surface area contributed by atoms with Crippen molar-refractivity contribution >= 4 is 33.7 Å². The molecule has 0 radical (unpaired) electrons. The summed E-state index contributed by atoms with van der Waals surface area (Å²) in [6.45, 7) is 6.13. The molecule has 2 aromatic rings. The Kier molecular flexibility index (Phi) is 5.93. The number of pyridine rings is 1. The van der Waals surface area contributed by atoms with Gasteiger partial charge in [-0.15, -0.1) is 0 Å². The zero-order valence-electron chi connectivity index (χ0n) is 16.7. The quantitative estimate of drug-likeness (QED) is 0.631. The molecule has 1 aromatic heterocycles. The summed E-state index contributed by atoms with van der Waals surface area (Å²) in [4.78, 5) is 31.0. The van der Waals surface area contributed by atoms with Gasteiger partial charge in [0.25, 0.3) is 0 Å². The summed E-state index contributed by atoms with van der Waals surface area (Å²) in [6.07, 6.45) is 0.408. The first-order chi connectivity index (χ1) is 13.6. The SMILES string of the molecule is COC(=O)c1ccc(F)c2c1CN(c1ccc(Br)c(C(=O)OC(C)(C)C)n1)CC2. The van der Waals surface area contributed by atoms with Gasteiger partial charge in [0.1, 0.15) is 17.2 Å². The molecule has 0 saturated heterocycles. The Balaban J connectivity index is 1.95. The maximum absolute atomic E-state index is 14.3. The van der Waals surface area contributed by atoms with E-state index in [2.05, 4.69) is 20.9 Å². The molecule has 0 atom stereocenters. The number of esters is 2. The largest absolute Gasteiger partial charge is 0.465 e. The molecular formula is C21H22BrFN2O4. The Labute approximate surface area is 177 Å². The second kappa shape index (κ2) is 8.10. The predicted molar refractivity (Wildman–Crippen MR) is 110 cm³/mol. The molecule has 0 fully saturated rings. The number of ether oxygens (including phenoxy) is 2. The fourth-order valence-corrected chi connectivity index (χ4v) is 3.59. The summed E-state index contributed by atoms with van der Waals surface area (Å²) < 4.78 is 25.1. The van der Waals surface area contributed by atoms with Crippen molar-refractivity contribution in [3.05, 3.63) is 56.9 Å². The first-order valence-electron chi connectivity index (χ1n) is 9.14. The molecule has 154 valence electrons. The lowest BCUT2D eigenvalue weighted by Gasteiger charge is -2.31. The number of nitrogens with zero attached hydrogens (tertiary/aromatic N) is 2. The monoisotopic (exact) mass is 464 g/mol. The number of fused-ring (bicyclic) bond motifs is 1. The van der Waals surface area contributed by atoms with Gasteiger partial charge >= 0.3 is 11.9 Å². The molecule has 0 bridgehead atoms. The smallest absolute Gasteiger partial charge is 0.358 e. The van der Waals surface area contributed by atoms with Gasteiger partial charge < -0.3 is 14.4 Å². The first-order valence-corrected chi connectivity index (χ1v) is 9.93. The van der Waals surface area contributed by atoms with Crippen molar-refractivity contribution in [1.82, 2.24) is 4.98 Å². The summed E-state index contributed by atoms with van der Waals surface area (Å²) in [5, 5.41) is 0. The number of anilines is 1. The topological polar surface area (TPSA) is 68.7 Å². The summed E-state index contributed by atoms with van der Waals surface area (Å²) in [6, 6.07) is 6.22. The zero-order chi connectivity index (χ0) is 21.3. The molecule has 2 heterocycles. The van der Waals surface area contributed by atoms with Crippen LogP contribution in [0.1, 0.15) is 52.7 Å². The molecule has 0 aliphatic carbocycles. The minimum atomic E-state index is -0.648. The molecule has 0 saturated carbocycles. The zero-order valence-corrected chi connectivity index (χ0v) is 18.3. The highest BCUT2D eigenvalue weighted by Crippen LogP contribution is 2.30. The molecule has 0 N–H and O–H groups in total. The van der Waals surface area contributed by atoms with Crippen molar-refractivity contribution in [3.8, 4) is 0 Å². The Hall–Kier alpha value is -2.48. The number of benzene rings is 1. The number of aromatic nitrogens is 1. The van der Waals surface area contributed by atoms with E-state index in [-0.39, 0.29) is 18.1 Å². The summed E-state index contributed by atoms with van der Waals surface area (Å²) in [7, 11) is 1.29. The summed E-state index contributed by atoms with van der Waals surface area (Å²) >= 11 is 3.35. The van der Waals surface area contributed by atoms with Gasteiger partial charge in [0, 0.05) is 13.1 Å². The van der Waals surface area contributed by atoms with E-state index in [1.54, 1.807) is 32.9 Å². The van der Waals surface area contributed by atoms with Gasteiger partial charge in [0.05, 0.1) is 17.1 Å². The number of rotatable bonds is 3. The van der Waals surface area contributed by atoms with Crippen LogP contribution in [-0.2, 0) is 22.4 Å². The highest BCUT2D eigenvalue weighted by molar-refractivity contribution is 9.10. The van der Waals surface area contributed by atoms with Crippen LogP contribution in [0, 0.1) is 5.82 Å². The number of carbonyl (C=O) groups excluding carboxylic acids is 2. The average Bonchev–Trinajstić information content (AvgIpc) is 2.66. The third-order valence-corrected chi connectivity index (χ3v) is 5.15. The Morgan fingerprint density at radius 1 is 1.14 bits per heavy atom. The summed E-state index contributed by atoms with van der Waals surface area (Å²) in [5.74, 6) is -0.850. The van der Waals surface area contributed by atoms with Crippen LogP contribution in [0.5, 0.6) is 0 Å². The van der Waals surface area contributed by atoms with Crippen LogP contribution in [0.2, 0.25) is 0 Å². The molecule has 6 nitrogen and oxygen atoms in total. The Morgan fingerprint density at radius 3 is 2.52 bits per heavy atom. The number of methoxy groups -OCH3 is 1. The van der Waals surface area contributed by atoms with Crippen molar-refractivity contribution in [2.75, 3.05) is 18.6 Å². The van der Waals surface area contributed by atoms with E-state index in [1.807, 2.05) is 4.90 Å². The number of carbonyl (C=O) groups is 2. The average molecular weight is 465 g/mol. The van der Waals surface area contributed by atoms with Crippen LogP contribution < -0.4 is 4.90 Å². The molecule has 29 heavy (non-hydrogen) atoms. The maximum atomic E-state index is 14.3. The number of hydrogen-bond donors (Lipinski definition) is 0. The third kappa shape index (κ3) is 4.58. The standard InChI is InChI=1S/C21H22BrFN2O4/c1-21(2,3)29-20(27)18-15(22)6-8-17(24-18)25-10-9-12-14(11-25)13(19(26)28-4)5-7-16(12)23/h5-8H,9-11H2,1-4H3. The second-order valence-electron chi connectivity index (χ2n) is 7.72. The molecule has 0 unspecified atom stereocenters. The molecule has 1 aliphatic rings. The van der Waals surface area contributed by atoms with Crippen molar-refractivity contribution in [1.29, 1.82) is 0 Å². The van der Waals surface area contributed by atoms with Crippen molar-refractivity contribution in [3.63, 3.8) is 0 Å². The first kappa shape index (κ1) is 21.2. The van der Waals surface area contributed by atoms with E-state index in [0.717, 1.165) is 0 Å². The number of hydrogen-bond acceptors (Lipinski definition) is 6. The van der Waals surface area contributed by atoms with Gasteiger partial charge in [-0.3, -0.25) is 0 Å². The minimum absolute atomic E-state index is 0.163. The van der Waals surface area contributed by atoms with Gasteiger partial charge in [0.15, 0.2) is 5.69 Å². The molecule has 8 heteroatoms. The highest BCUT2D eigenvalue weighted by atomic mass is 79.9. The molecule has 1 aromatic carbocycles. The van der Waals surface area contributed by atoms with Crippen molar-refractivity contribution in [2.45, 2.75) is 39.3 Å². The van der Waals surface area contributed by atoms with Crippen molar-refractivity contribution < 1.29 is 23.5 Å². The van der Waals surface area contributed by atoms with Gasteiger partial charge in [-0.2, -0.15) is 0 Å². The predicted octanol–water partition coefficient (Wildman–Crippen LogP) is 4.29. The normalized spacial score (nSPS) is 13.7. The van der Waals surface area contributed by atoms with Crippen molar-refractivity contribution in [2.24, 2.45) is 0 Å².